The van der Waals surface area contributed by atoms with Gasteiger partial charge in [0, 0.05) is 0 Å². The lowest BCUT2D eigenvalue weighted by Gasteiger charge is -2.08. The van der Waals surface area contributed by atoms with Gasteiger partial charge in [0.25, 0.3) is 0 Å². The van der Waals surface area contributed by atoms with Gasteiger partial charge in [0.05, 0.1) is 12.7 Å². The second-order valence-electron chi connectivity index (χ2n) is 4.55. The van der Waals surface area contributed by atoms with Crippen LogP contribution in [0.15, 0.2) is 53.4 Å². The number of esters is 1. The highest BCUT2D eigenvalue weighted by atomic mass is 32.2. The van der Waals surface area contributed by atoms with Gasteiger partial charge in [0.2, 0.25) is 0 Å². The molecule has 22 heavy (non-hydrogen) atoms. The van der Waals surface area contributed by atoms with E-state index in [9.17, 15) is 13.2 Å². The fourth-order valence-corrected chi connectivity index (χ4v) is 2.78. The molecule has 0 N–H and O–H groups in total. The number of ether oxygens (including phenoxy) is 1. The maximum absolute atomic E-state index is 12.2. The molecule has 0 aromatic heterocycles. The van der Waals surface area contributed by atoms with Crippen LogP contribution in [0.25, 0.3) is 0 Å². The molecule has 0 unspecified atom stereocenters. The molecular weight excluding hydrogens is 304 g/mol. The summed E-state index contributed by atoms with van der Waals surface area (Å²) in [7, 11) is -2.69. The van der Waals surface area contributed by atoms with Crippen LogP contribution >= 0.6 is 0 Å². The van der Waals surface area contributed by atoms with Crippen LogP contribution in [0.5, 0.6) is 5.75 Å². The molecule has 0 spiro atoms. The summed E-state index contributed by atoms with van der Waals surface area (Å²) in [6, 6.07) is 12.3. The summed E-state index contributed by atoms with van der Waals surface area (Å²) >= 11 is 0. The van der Waals surface area contributed by atoms with Crippen molar-refractivity contribution in [2.75, 3.05) is 7.11 Å². The van der Waals surface area contributed by atoms with Gasteiger partial charge in [-0.1, -0.05) is 25.1 Å². The van der Waals surface area contributed by atoms with Gasteiger partial charge < -0.3 is 8.92 Å². The molecule has 5 nitrogen and oxygen atoms in total. The van der Waals surface area contributed by atoms with Crippen LogP contribution in [0.2, 0.25) is 0 Å². The normalized spacial score (nSPS) is 11.0. The van der Waals surface area contributed by atoms with E-state index in [1.807, 2.05) is 6.92 Å². The zero-order valence-electron chi connectivity index (χ0n) is 12.3. The number of rotatable bonds is 5. The lowest BCUT2D eigenvalue weighted by atomic mass is 10.2. The van der Waals surface area contributed by atoms with Crippen molar-refractivity contribution in [1.29, 1.82) is 0 Å². The van der Waals surface area contributed by atoms with Crippen molar-refractivity contribution in [2.45, 2.75) is 18.2 Å². The number of aryl methyl sites for hydroxylation is 1. The van der Waals surface area contributed by atoms with Gasteiger partial charge in [-0.3, -0.25) is 0 Å². The zero-order chi connectivity index (χ0) is 16.2. The maximum atomic E-state index is 12.2. The molecule has 0 aliphatic carbocycles. The van der Waals surface area contributed by atoms with Crippen LogP contribution in [-0.2, 0) is 21.3 Å². The third-order valence-electron chi connectivity index (χ3n) is 3.08. The van der Waals surface area contributed by atoms with E-state index < -0.39 is 16.1 Å². The van der Waals surface area contributed by atoms with E-state index in [4.69, 9.17) is 4.18 Å². The first-order valence-corrected chi connectivity index (χ1v) is 8.09. The monoisotopic (exact) mass is 320 g/mol. The second kappa shape index (κ2) is 6.62. The van der Waals surface area contributed by atoms with Crippen molar-refractivity contribution in [2.24, 2.45) is 0 Å². The first kappa shape index (κ1) is 16.0. The smallest absolute Gasteiger partial charge is 0.339 e. The molecule has 2 aromatic rings. The van der Waals surface area contributed by atoms with Crippen LogP contribution in [0.1, 0.15) is 22.8 Å². The third-order valence-corrected chi connectivity index (χ3v) is 4.34. The second-order valence-corrected chi connectivity index (χ2v) is 6.10. The summed E-state index contributed by atoms with van der Waals surface area (Å²) in [6.45, 7) is 1.98. The van der Waals surface area contributed by atoms with Crippen molar-refractivity contribution < 1.29 is 22.1 Å². The van der Waals surface area contributed by atoms with Crippen molar-refractivity contribution in [3.8, 4) is 5.75 Å². The molecule has 0 saturated heterocycles. The quantitative estimate of drug-likeness (QED) is 0.626. The van der Waals surface area contributed by atoms with Crippen molar-refractivity contribution in [3.63, 3.8) is 0 Å². The standard InChI is InChI=1S/C16H16O5S/c1-3-12-7-9-15(10-8-12)22(18,19)21-14-6-4-5-13(11-14)16(17)20-2/h4-11H,3H2,1-2H3. The summed E-state index contributed by atoms with van der Waals surface area (Å²) in [5.74, 6) is -0.502. The van der Waals surface area contributed by atoms with E-state index in [-0.39, 0.29) is 16.2 Å². The maximum Gasteiger partial charge on any atom is 0.339 e. The van der Waals surface area contributed by atoms with Gasteiger partial charge in [-0.2, -0.15) is 8.42 Å². The minimum Gasteiger partial charge on any atom is -0.465 e. The van der Waals surface area contributed by atoms with Gasteiger partial charge in [0.15, 0.2) is 0 Å². The molecule has 2 rings (SSSR count). The summed E-state index contributed by atoms with van der Waals surface area (Å²) in [6.07, 6.45) is 0.822. The number of hydrogen-bond acceptors (Lipinski definition) is 5. The Balaban J connectivity index is 2.26. The van der Waals surface area contributed by atoms with E-state index in [1.54, 1.807) is 12.1 Å². The van der Waals surface area contributed by atoms with Crippen LogP contribution < -0.4 is 4.18 Å². The lowest BCUT2D eigenvalue weighted by Crippen LogP contribution is -2.10. The van der Waals surface area contributed by atoms with E-state index >= 15 is 0 Å². The Morgan fingerprint density at radius 1 is 1.09 bits per heavy atom. The predicted molar refractivity (Wildman–Crippen MR) is 81.4 cm³/mol. The summed E-state index contributed by atoms with van der Waals surface area (Å²) in [5, 5.41) is 0. The Hall–Kier alpha value is -2.34. The van der Waals surface area contributed by atoms with Crippen LogP contribution in [0, 0.1) is 0 Å². The molecule has 0 aliphatic heterocycles. The van der Waals surface area contributed by atoms with E-state index in [0.29, 0.717) is 0 Å². The molecule has 0 amide bonds. The van der Waals surface area contributed by atoms with Crippen molar-refractivity contribution in [3.05, 3.63) is 59.7 Å². The largest absolute Gasteiger partial charge is 0.465 e. The van der Waals surface area contributed by atoms with Crippen LogP contribution in [0.4, 0.5) is 0 Å². The van der Waals surface area contributed by atoms with Crippen molar-refractivity contribution >= 4 is 16.1 Å². The Kier molecular flexibility index (Phi) is 4.82. The summed E-state index contributed by atoms with van der Waals surface area (Å²) < 4.78 is 34.1. The highest BCUT2D eigenvalue weighted by Gasteiger charge is 2.17. The van der Waals surface area contributed by atoms with Gasteiger partial charge in [-0.25, -0.2) is 4.79 Å². The fourth-order valence-electron chi connectivity index (χ4n) is 1.86. The Labute approximate surface area is 129 Å². The van der Waals surface area contributed by atoms with Gasteiger partial charge in [0.1, 0.15) is 10.6 Å². The average Bonchev–Trinajstić information content (AvgIpc) is 2.54. The molecule has 0 atom stereocenters. The van der Waals surface area contributed by atoms with E-state index in [1.165, 1.54) is 43.5 Å². The third kappa shape index (κ3) is 3.65. The number of carbonyl (C=O) groups is 1. The highest BCUT2D eigenvalue weighted by molar-refractivity contribution is 7.87. The molecule has 0 heterocycles. The topological polar surface area (TPSA) is 69.7 Å². The molecule has 116 valence electrons. The lowest BCUT2D eigenvalue weighted by molar-refractivity contribution is 0.0600. The molecule has 2 aromatic carbocycles. The van der Waals surface area contributed by atoms with E-state index in [2.05, 4.69) is 4.74 Å². The molecular formula is C16H16O5S. The van der Waals surface area contributed by atoms with Crippen molar-refractivity contribution in [1.82, 2.24) is 0 Å². The predicted octanol–water partition coefficient (Wildman–Crippen LogP) is 2.80. The number of hydrogen-bond donors (Lipinski definition) is 0. The Bertz CT molecular complexity index is 763. The van der Waals surface area contributed by atoms with Gasteiger partial charge >= 0.3 is 16.1 Å². The Morgan fingerprint density at radius 2 is 1.77 bits per heavy atom. The molecule has 0 bridgehead atoms. The minimum atomic E-state index is -3.94. The summed E-state index contributed by atoms with van der Waals surface area (Å²) in [4.78, 5) is 11.5. The first-order valence-electron chi connectivity index (χ1n) is 6.68. The Morgan fingerprint density at radius 3 is 2.36 bits per heavy atom. The molecule has 0 saturated carbocycles. The van der Waals surface area contributed by atoms with Crippen LogP contribution in [0.3, 0.4) is 0 Å². The molecule has 0 radical (unpaired) electrons. The first-order chi connectivity index (χ1) is 10.5. The molecule has 0 fully saturated rings. The summed E-state index contributed by atoms with van der Waals surface area (Å²) in [5.41, 5.74) is 1.25. The number of methoxy groups -OCH3 is 1. The average molecular weight is 320 g/mol. The molecule has 6 heteroatoms. The molecule has 0 aliphatic rings. The fraction of sp³-hybridized carbons (Fsp3) is 0.188. The zero-order valence-corrected chi connectivity index (χ0v) is 13.1. The van der Waals surface area contributed by atoms with Gasteiger partial charge in [-0.05, 0) is 42.3 Å². The van der Waals surface area contributed by atoms with E-state index in [0.717, 1.165) is 12.0 Å². The SMILES string of the molecule is CCc1ccc(S(=O)(=O)Oc2cccc(C(=O)OC)c2)cc1. The van der Waals surface area contributed by atoms with Gasteiger partial charge in [-0.15, -0.1) is 0 Å². The number of carbonyl (C=O) groups excluding carboxylic acids is 1. The number of benzene rings is 2. The van der Waals surface area contributed by atoms with Crippen LogP contribution in [-0.4, -0.2) is 21.5 Å². The minimum absolute atomic E-state index is 0.0578. The highest BCUT2D eigenvalue weighted by Crippen LogP contribution is 2.20.